The molecule has 0 saturated heterocycles. The first-order valence-electron chi connectivity index (χ1n) is 6.12. The lowest BCUT2D eigenvalue weighted by atomic mass is 10.2. The SMILES string of the molecule is CCOC(=O)c1nc(C(=O)NCCc2ccsc2)cs1. The van der Waals surface area contributed by atoms with Gasteiger partial charge in [-0.15, -0.1) is 11.3 Å². The van der Waals surface area contributed by atoms with E-state index in [9.17, 15) is 9.59 Å². The van der Waals surface area contributed by atoms with E-state index in [4.69, 9.17) is 4.74 Å². The van der Waals surface area contributed by atoms with E-state index in [1.807, 2.05) is 16.8 Å². The summed E-state index contributed by atoms with van der Waals surface area (Å²) in [4.78, 5) is 27.3. The van der Waals surface area contributed by atoms with Crippen LogP contribution in [0.5, 0.6) is 0 Å². The van der Waals surface area contributed by atoms with Gasteiger partial charge in [-0.25, -0.2) is 9.78 Å². The predicted octanol–water partition coefficient (Wildman–Crippen LogP) is 2.35. The summed E-state index contributed by atoms with van der Waals surface area (Å²) in [6.07, 6.45) is 0.782. The van der Waals surface area contributed by atoms with Gasteiger partial charge >= 0.3 is 5.97 Å². The van der Waals surface area contributed by atoms with Crippen molar-refractivity contribution < 1.29 is 14.3 Å². The van der Waals surface area contributed by atoms with Gasteiger partial charge in [0.25, 0.3) is 5.91 Å². The van der Waals surface area contributed by atoms with Crippen molar-refractivity contribution in [3.8, 4) is 0 Å². The molecule has 0 aliphatic carbocycles. The molecule has 2 heterocycles. The number of nitrogens with zero attached hydrogens (tertiary/aromatic N) is 1. The average Bonchev–Trinajstić information content (AvgIpc) is 3.10. The van der Waals surface area contributed by atoms with Crippen LogP contribution < -0.4 is 5.32 Å². The monoisotopic (exact) mass is 310 g/mol. The number of hydrogen-bond donors (Lipinski definition) is 1. The minimum atomic E-state index is -0.491. The Kier molecular flexibility index (Phi) is 5.25. The molecule has 1 amide bonds. The second-order valence-corrected chi connectivity index (χ2v) is 5.53. The van der Waals surface area contributed by atoms with Crippen molar-refractivity contribution in [1.82, 2.24) is 10.3 Å². The molecule has 0 unspecified atom stereocenters. The number of thiophene rings is 1. The molecule has 0 aromatic carbocycles. The average molecular weight is 310 g/mol. The van der Waals surface area contributed by atoms with Crippen LogP contribution in [0.1, 0.15) is 32.8 Å². The highest BCUT2D eigenvalue weighted by Crippen LogP contribution is 2.11. The molecule has 0 saturated carbocycles. The maximum absolute atomic E-state index is 11.9. The fourth-order valence-electron chi connectivity index (χ4n) is 1.51. The number of esters is 1. The van der Waals surface area contributed by atoms with Crippen LogP contribution in [0, 0.1) is 0 Å². The zero-order valence-electron chi connectivity index (χ0n) is 10.9. The van der Waals surface area contributed by atoms with E-state index in [-0.39, 0.29) is 16.6 Å². The van der Waals surface area contributed by atoms with Crippen LogP contribution in [0.25, 0.3) is 0 Å². The molecular weight excluding hydrogens is 296 g/mol. The van der Waals surface area contributed by atoms with Crippen LogP contribution in [0.2, 0.25) is 0 Å². The zero-order chi connectivity index (χ0) is 14.4. The van der Waals surface area contributed by atoms with Gasteiger partial charge in [-0.1, -0.05) is 0 Å². The molecule has 2 aromatic rings. The molecule has 0 aliphatic rings. The van der Waals surface area contributed by atoms with E-state index in [1.54, 1.807) is 23.6 Å². The molecule has 0 aliphatic heterocycles. The Morgan fingerprint density at radius 2 is 2.25 bits per heavy atom. The molecule has 106 valence electrons. The Bertz CT molecular complexity index is 578. The minimum Gasteiger partial charge on any atom is -0.461 e. The molecule has 2 aromatic heterocycles. The highest BCUT2D eigenvalue weighted by molar-refractivity contribution is 7.11. The summed E-state index contributed by atoms with van der Waals surface area (Å²) < 4.78 is 4.83. The van der Waals surface area contributed by atoms with Gasteiger partial charge in [-0.3, -0.25) is 4.79 Å². The van der Waals surface area contributed by atoms with Crippen molar-refractivity contribution in [1.29, 1.82) is 0 Å². The first kappa shape index (κ1) is 14.7. The van der Waals surface area contributed by atoms with Gasteiger partial charge in [-0.05, 0) is 35.7 Å². The third-order valence-electron chi connectivity index (χ3n) is 2.47. The molecule has 20 heavy (non-hydrogen) atoms. The van der Waals surface area contributed by atoms with Crippen LogP contribution >= 0.6 is 22.7 Å². The maximum Gasteiger partial charge on any atom is 0.367 e. The normalized spacial score (nSPS) is 10.2. The summed E-state index contributed by atoms with van der Waals surface area (Å²) in [5.74, 6) is -0.762. The first-order valence-corrected chi connectivity index (χ1v) is 7.95. The molecule has 0 fully saturated rings. The second-order valence-electron chi connectivity index (χ2n) is 3.90. The van der Waals surface area contributed by atoms with Crippen molar-refractivity contribution in [3.63, 3.8) is 0 Å². The largest absolute Gasteiger partial charge is 0.461 e. The van der Waals surface area contributed by atoms with Crippen molar-refractivity contribution >= 4 is 34.6 Å². The summed E-state index contributed by atoms with van der Waals surface area (Å²) in [7, 11) is 0. The van der Waals surface area contributed by atoms with E-state index in [2.05, 4.69) is 10.3 Å². The van der Waals surface area contributed by atoms with Crippen LogP contribution in [0.15, 0.2) is 22.2 Å². The summed E-state index contributed by atoms with van der Waals surface area (Å²) in [6.45, 7) is 2.56. The van der Waals surface area contributed by atoms with E-state index in [0.29, 0.717) is 13.2 Å². The van der Waals surface area contributed by atoms with Gasteiger partial charge in [0.15, 0.2) is 0 Å². The molecule has 0 bridgehead atoms. The number of nitrogens with one attached hydrogen (secondary N) is 1. The smallest absolute Gasteiger partial charge is 0.367 e. The van der Waals surface area contributed by atoms with Gasteiger partial charge in [-0.2, -0.15) is 11.3 Å². The number of rotatable bonds is 6. The van der Waals surface area contributed by atoms with Gasteiger partial charge in [0, 0.05) is 11.9 Å². The molecule has 0 spiro atoms. The van der Waals surface area contributed by atoms with Crippen molar-refractivity contribution in [3.05, 3.63) is 38.5 Å². The van der Waals surface area contributed by atoms with E-state index in [1.165, 1.54) is 5.56 Å². The number of thiazole rings is 1. The summed E-state index contributed by atoms with van der Waals surface area (Å²) in [6, 6.07) is 2.03. The van der Waals surface area contributed by atoms with E-state index in [0.717, 1.165) is 17.8 Å². The lowest BCUT2D eigenvalue weighted by molar-refractivity contribution is 0.0526. The van der Waals surface area contributed by atoms with E-state index < -0.39 is 5.97 Å². The van der Waals surface area contributed by atoms with Crippen LogP contribution in [0.4, 0.5) is 0 Å². The highest BCUT2D eigenvalue weighted by Gasteiger charge is 2.15. The standard InChI is InChI=1S/C13H14N2O3S2/c1-2-18-13(17)12-15-10(8-20-12)11(16)14-5-3-9-4-6-19-7-9/h4,6-8H,2-3,5H2,1H3,(H,14,16). The number of ether oxygens (including phenoxy) is 1. The van der Waals surface area contributed by atoms with Crippen molar-refractivity contribution in [2.24, 2.45) is 0 Å². The van der Waals surface area contributed by atoms with Crippen molar-refractivity contribution in [2.45, 2.75) is 13.3 Å². The Morgan fingerprint density at radius 1 is 1.40 bits per heavy atom. The van der Waals surface area contributed by atoms with Gasteiger partial charge in [0.05, 0.1) is 6.61 Å². The Hall–Kier alpha value is -1.73. The fourth-order valence-corrected chi connectivity index (χ4v) is 2.90. The minimum absolute atomic E-state index is 0.204. The second kappa shape index (κ2) is 7.16. The third-order valence-corrected chi connectivity index (χ3v) is 4.02. The summed E-state index contributed by atoms with van der Waals surface area (Å²) in [5.41, 5.74) is 1.45. The first-order chi connectivity index (χ1) is 9.70. The number of aromatic nitrogens is 1. The van der Waals surface area contributed by atoms with Crippen molar-refractivity contribution in [2.75, 3.05) is 13.2 Å². The van der Waals surface area contributed by atoms with Gasteiger partial charge < -0.3 is 10.1 Å². The Morgan fingerprint density at radius 3 is 2.95 bits per heavy atom. The molecular formula is C13H14N2O3S2. The van der Waals surface area contributed by atoms with Gasteiger partial charge in [0.2, 0.25) is 5.01 Å². The van der Waals surface area contributed by atoms with Crippen LogP contribution in [-0.4, -0.2) is 30.0 Å². The van der Waals surface area contributed by atoms with E-state index >= 15 is 0 Å². The molecule has 5 nitrogen and oxygen atoms in total. The number of carbonyl (C=O) groups excluding carboxylic acids is 2. The third kappa shape index (κ3) is 3.88. The molecule has 2 rings (SSSR count). The molecule has 7 heteroatoms. The zero-order valence-corrected chi connectivity index (χ0v) is 12.6. The highest BCUT2D eigenvalue weighted by atomic mass is 32.1. The topological polar surface area (TPSA) is 68.3 Å². The lowest BCUT2D eigenvalue weighted by Crippen LogP contribution is -2.26. The number of hydrogen-bond acceptors (Lipinski definition) is 6. The number of carbonyl (C=O) groups is 2. The fraction of sp³-hybridized carbons (Fsp3) is 0.308. The summed E-state index contributed by atoms with van der Waals surface area (Å²) in [5, 5.41) is 8.60. The van der Waals surface area contributed by atoms with Gasteiger partial charge in [0.1, 0.15) is 5.69 Å². The quantitative estimate of drug-likeness (QED) is 0.832. The summed E-state index contributed by atoms with van der Waals surface area (Å²) >= 11 is 2.74. The Labute approximate surface area is 124 Å². The molecule has 1 N–H and O–H groups in total. The molecule has 0 radical (unpaired) electrons. The Balaban J connectivity index is 1.84. The maximum atomic E-state index is 11.9. The predicted molar refractivity (Wildman–Crippen MR) is 78.4 cm³/mol. The van der Waals surface area contributed by atoms with Crippen LogP contribution in [-0.2, 0) is 11.2 Å². The number of amides is 1. The lowest BCUT2D eigenvalue weighted by Gasteiger charge is -2.01. The molecule has 0 atom stereocenters. The van der Waals surface area contributed by atoms with Crippen LogP contribution in [0.3, 0.4) is 0 Å².